The van der Waals surface area contributed by atoms with Gasteiger partial charge in [0.05, 0.1) is 16.3 Å². The zero-order valence-corrected chi connectivity index (χ0v) is 21.4. The molecule has 202 valence electrons. The van der Waals surface area contributed by atoms with E-state index in [1.165, 1.54) is 17.0 Å². The van der Waals surface area contributed by atoms with Gasteiger partial charge in [-0.15, -0.1) is 5.10 Å². The lowest BCUT2D eigenvalue weighted by atomic mass is 10.00. The van der Waals surface area contributed by atoms with Gasteiger partial charge in [0.25, 0.3) is 11.5 Å². The zero-order chi connectivity index (χ0) is 27.1. The van der Waals surface area contributed by atoms with Crippen LogP contribution in [0.5, 0.6) is 11.6 Å². The molecule has 10 nitrogen and oxygen atoms in total. The summed E-state index contributed by atoms with van der Waals surface area (Å²) in [6.07, 6.45) is 1.19. The molecule has 4 rings (SSSR count). The number of aromatic nitrogens is 2. The fourth-order valence-electron chi connectivity index (χ4n) is 4.48. The Hall–Kier alpha value is -3.83. The van der Waals surface area contributed by atoms with E-state index in [0.717, 1.165) is 6.07 Å². The molecule has 2 heterocycles. The van der Waals surface area contributed by atoms with Crippen LogP contribution in [0.3, 0.4) is 0 Å². The van der Waals surface area contributed by atoms with E-state index < -0.39 is 11.7 Å². The summed E-state index contributed by atoms with van der Waals surface area (Å²) < 4.78 is 30.8. The van der Waals surface area contributed by atoms with Crippen molar-refractivity contribution in [3.05, 3.63) is 64.2 Å². The monoisotopic (exact) mass is 526 g/mol. The van der Waals surface area contributed by atoms with Crippen LogP contribution in [0.25, 0.3) is 10.8 Å². The quantitative estimate of drug-likeness (QED) is 0.432. The van der Waals surface area contributed by atoms with Crippen LogP contribution in [0.1, 0.15) is 23.2 Å². The van der Waals surface area contributed by atoms with Gasteiger partial charge in [-0.2, -0.15) is 0 Å². The summed E-state index contributed by atoms with van der Waals surface area (Å²) in [6, 6.07) is 10.7. The van der Waals surface area contributed by atoms with E-state index in [0.29, 0.717) is 49.9 Å². The number of carbonyl (C=O) groups excluding carboxylic acids is 2. The topological polar surface area (TPSA) is 114 Å². The predicted molar refractivity (Wildman–Crippen MR) is 138 cm³/mol. The maximum absolute atomic E-state index is 14.7. The number of rotatable bonds is 10. The number of nitrogens with zero attached hydrogens (tertiary/aromatic N) is 3. The number of aromatic amines is 1. The summed E-state index contributed by atoms with van der Waals surface area (Å²) >= 11 is 0. The third-order valence-corrected chi connectivity index (χ3v) is 6.61. The molecule has 0 radical (unpaired) electrons. The molecule has 0 saturated carbocycles. The molecule has 1 aromatic heterocycles. The van der Waals surface area contributed by atoms with Gasteiger partial charge in [0.15, 0.2) is 0 Å². The zero-order valence-electron chi connectivity index (χ0n) is 21.4. The molecule has 1 aliphatic heterocycles. The molecule has 0 aliphatic carbocycles. The number of fused-ring (bicyclic) bond motifs is 1. The van der Waals surface area contributed by atoms with E-state index in [1.54, 1.807) is 43.4 Å². The Morgan fingerprint density at radius 2 is 1.61 bits per heavy atom. The van der Waals surface area contributed by atoms with Crippen LogP contribution < -0.4 is 10.3 Å². The fourth-order valence-corrected chi connectivity index (χ4v) is 4.48. The highest BCUT2D eigenvalue weighted by atomic mass is 19.1. The Morgan fingerprint density at radius 3 is 2.26 bits per heavy atom. The minimum Gasteiger partial charge on any atom is -0.437 e. The summed E-state index contributed by atoms with van der Waals surface area (Å²) in [6.45, 7) is 2.21. The van der Waals surface area contributed by atoms with Crippen molar-refractivity contribution in [2.24, 2.45) is 5.92 Å². The molecule has 2 amide bonds. The Balaban J connectivity index is 1.44. The first-order valence-corrected chi connectivity index (χ1v) is 12.4. The molecule has 0 bridgehead atoms. The number of H-pyrrole nitrogens is 1. The SMILES string of the molecule is COCCC(CCOC)C(=O)N1CCN(C(=O)c2cc(Oc3n[nH]c(=O)c4ccccc34)ccc2F)CC1. The van der Waals surface area contributed by atoms with E-state index in [9.17, 15) is 18.8 Å². The van der Waals surface area contributed by atoms with Gasteiger partial charge in [-0.1, -0.05) is 12.1 Å². The Morgan fingerprint density at radius 1 is 0.974 bits per heavy atom. The lowest BCUT2D eigenvalue weighted by molar-refractivity contribution is -0.138. The number of benzene rings is 2. The van der Waals surface area contributed by atoms with Gasteiger partial charge in [0, 0.05) is 59.5 Å². The van der Waals surface area contributed by atoms with Gasteiger partial charge in [-0.25, -0.2) is 9.49 Å². The van der Waals surface area contributed by atoms with E-state index >= 15 is 0 Å². The third kappa shape index (κ3) is 6.17. The second-order valence-corrected chi connectivity index (χ2v) is 9.02. The number of carbonyl (C=O) groups is 2. The molecular formula is C27H31FN4O6. The highest BCUT2D eigenvalue weighted by Crippen LogP contribution is 2.27. The number of piperazine rings is 1. The normalized spacial score (nSPS) is 13.8. The van der Waals surface area contributed by atoms with Gasteiger partial charge >= 0.3 is 0 Å². The van der Waals surface area contributed by atoms with Crippen molar-refractivity contribution in [3.63, 3.8) is 0 Å². The molecule has 2 aromatic carbocycles. The molecule has 38 heavy (non-hydrogen) atoms. The van der Waals surface area contributed by atoms with Gasteiger partial charge in [0.1, 0.15) is 11.6 Å². The molecule has 0 unspecified atom stereocenters. The van der Waals surface area contributed by atoms with Crippen molar-refractivity contribution in [1.82, 2.24) is 20.0 Å². The maximum atomic E-state index is 14.7. The van der Waals surface area contributed by atoms with Gasteiger partial charge in [-0.05, 0) is 43.2 Å². The number of nitrogens with one attached hydrogen (secondary N) is 1. The Labute approximate surface area is 219 Å². The van der Waals surface area contributed by atoms with Gasteiger partial charge in [0.2, 0.25) is 11.8 Å². The fraction of sp³-hybridized carbons (Fsp3) is 0.407. The summed E-state index contributed by atoms with van der Waals surface area (Å²) in [5.74, 6) is -1.05. The third-order valence-electron chi connectivity index (χ3n) is 6.61. The minimum atomic E-state index is -0.681. The number of amides is 2. The van der Waals surface area contributed by atoms with Crippen LogP contribution in [-0.4, -0.2) is 85.4 Å². The summed E-state index contributed by atoms with van der Waals surface area (Å²) in [5, 5.41) is 7.23. The molecular weight excluding hydrogens is 495 g/mol. The van der Waals surface area contributed by atoms with E-state index in [1.807, 2.05) is 0 Å². The smallest absolute Gasteiger partial charge is 0.272 e. The number of ether oxygens (including phenoxy) is 3. The summed E-state index contributed by atoms with van der Waals surface area (Å²) in [5.41, 5.74) is -0.502. The number of methoxy groups -OCH3 is 2. The molecule has 0 atom stereocenters. The molecule has 11 heteroatoms. The highest BCUT2D eigenvalue weighted by Gasteiger charge is 2.30. The van der Waals surface area contributed by atoms with E-state index in [4.69, 9.17) is 14.2 Å². The van der Waals surface area contributed by atoms with Crippen molar-refractivity contribution in [2.75, 3.05) is 53.6 Å². The summed E-state index contributed by atoms with van der Waals surface area (Å²) in [4.78, 5) is 41.6. The van der Waals surface area contributed by atoms with Crippen LogP contribution in [0.4, 0.5) is 4.39 Å². The minimum absolute atomic E-state index is 0.00778. The molecule has 3 aromatic rings. The van der Waals surface area contributed by atoms with Crippen molar-refractivity contribution in [3.8, 4) is 11.6 Å². The first kappa shape index (κ1) is 27.2. The van der Waals surface area contributed by atoms with Crippen molar-refractivity contribution in [2.45, 2.75) is 12.8 Å². The average molecular weight is 527 g/mol. The second-order valence-electron chi connectivity index (χ2n) is 9.02. The Bertz CT molecular complexity index is 1330. The van der Waals surface area contributed by atoms with Crippen LogP contribution in [0.2, 0.25) is 0 Å². The van der Waals surface area contributed by atoms with Crippen molar-refractivity contribution < 1.29 is 28.2 Å². The first-order chi connectivity index (χ1) is 18.4. The highest BCUT2D eigenvalue weighted by molar-refractivity contribution is 5.95. The first-order valence-electron chi connectivity index (χ1n) is 12.4. The maximum Gasteiger partial charge on any atom is 0.272 e. The molecule has 1 fully saturated rings. The van der Waals surface area contributed by atoms with Crippen LogP contribution >= 0.6 is 0 Å². The molecule has 1 N–H and O–H groups in total. The van der Waals surface area contributed by atoms with E-state index in [2.05, 4.69) is 10.2 Å². The number of hydrogen-bond donors (Lipinski definition) is 1. The van der Waals surface area contributed by atoms with Crippen molar-refractivity contribution >= 4 is 22.6 Å². The van der Waals surface area contributed by atoms with Crippen LogP contribution in [0, 0.1) is 11.7 Å². The van der Waals surface area contributed by atoms with Crippen molar-refractivity contribution in [1.29, 1.82) is 0 Å². The Kier molecular flexibility index (Phi) is 9.03. The second kappa shape index (κ2) is 12.6. The largest absolute Gasteiger partial charge is 0.437 e. The van der Waals surface area contributed by atoms with Crippen LogP contribution in [0.15, 0.2) is 47.3 Å². The van der Waals surface area contributed by atoms with Crippen LogP contribution in [-0.2, 0) is 14.3 Å². The molecule has 0 spiro atoms. The molecule has 1 saturated heterocycles. The standard InChI is InChI=1S/C27H31FN4O6/c1-36-15-9-18(10-16-37-2)26(34)31-11-13-32(14-12-31)27(35)22-17-19(7-8-23(22)28)38-25-21-6-4-3-5-20(21)24(33)29-30-25/h3-8,17-18H,9-16H2,1-2H3,(H,29,33). The predicted octanol–water partition coefficient (Wildman–Crippen LogP) is 2.83. The van der Waals surface area contributed by atoms with Gasteiger partial charge in [-0.3, -0.25) is 14.4 Å². The average Bonchev–Trinajstić information content (AvgIpc) is 2.95. The van der Waals surface area contributed by atoms with Gasteiger partial charge < -0.3 is 24.0 Å². The number of hydrogen-bond acceptors (Lipinski definition) is 7. The lowest BCUT2D eigenvalue weighted by Crippen LogP contribution is -2.52. The number of halogens is 1. The lowest BCUT2D eigenvalue weighted by Gasteiger charge is -2.36. The molecule has 1 aliphatic rings. The summed E-state index contributed by atoms with van der Waals surface area (Å²) in [7, 11) is 3.20. The van der Waals surface area contributed by atoms with E-state index in [-0.39, 0.29) is 47.7 Å².